The average Bonchev–Trinajstić information content (AvgIpc) is 3.29. The summed E-state index contributed by atoms with van der Waals surface area (Å²) in [5, 5.41) is 18.4. The van der Waals surface area contributed by atoms with E-state index in [1.807, 2.05) is 4.90 Å². The van der Waals surface area contributed by atoms with Crippen molar-refractivity contribution in [3.8, 4) is 5.69 Å². The van der Waals surface area contributed by atoms with Crippen LogP contribution < -0.4 is 5.32 Å². The van der Waals surface area contributed by atoms with Gasteiger partial charge in [0.25, 0.3) is 11.6 Å². The van der Waals surface area contributed by atoms with Gasteiger partial charge in [-0.15, -0.1) is 0 Å². The fraction of sp³-hybridized carbons (Fsp3) is 0.375. The highest BCUT2D eigenvalue weighted by molar-refractivity contribution is 5.92. The second-order valence-corrected chi connectivity index (χ2v) is 6.31. The molecule has 3 heterocycles. The zero-order valence-electron chi connectivity index (χ0n) is 13.0. The highest BCUT2D eigenvalue weighted by Gasteiger charge is 2.38. The number of carbonyl (C=O) groups is 1. The third-order valence-electron chi connectivity index (χ3n) is 4.81. The molecule has 0 aliphatic carbocycles. The Hall–Kier alpha value is -2.74. The van der Waals surface area contributed by atoms with Gasteiger partial charge in [0.2, 0.25) is 0 Å². The van der Waals surface area contributed by atoms with Gasteiger partial charge in [0.1, 0.15) is 0 Å². The van der Waals surface area contributed by atoms with Crippen molar-refractivity contribution in [2.75, 3.05) is 26.2 Å². The second-order valence-electron chi connectivity index (χ2n) is 6.31. The molecule has 124 valence electrons. The van der Waals surface area contributed by atoms with E-state index in [4.69, 9.17) is 0 Å². The van der Waals surface area contributed by atoms with Crippen LogP contribution in [0.25, 0.3) is 5.69 Å². The monoisotopic (exact) mass is 327 g/mol. The number of carbonyl (C=O) groups excluding carboxylic acids is 1. The van der Waals surface area contributed by atoms with Crippen LogP contribution in [0.5, 0.6) is 0 Å². The third kappa shape index (κ3) is 2.54. The van der Waals surface area contributed by atoms with Crippen molar-refractivity contribution >= 4 is 11.6 Å². The van der Waals surface area contributed by atoms with Crippen LogP contribution in [0.1, 0.15) is 10.5 Å². The largest absolute Gasteiger partial charge is 0.337 e. The molecule has 0 unspecified atom stereocenters. The summed E-state index contributed by atoms with van der Waals surface area (Å²) in [6, 6.07) is 7.77. The Bertz CT molecular complexity index is 773. The lowest BCUT2D eigenvalue weighted by Crippen LogP contribution is -2.32. The number of nitro groups is 1. The summed E-state index contributed by atoms with van der Waals surface area (Å²) in [4.78, 5) is 24.7. The minimum absolute atomic E-state index is 0.0272. The molecule has 0 spiro atoms. The first-order chi connectivity index (χ1) is 11.6. The molecule has 0 bridgehead atoms. The van der Waals surface area contributed by atoms with Crippen LogP contribution in [0.4, 0.5) is 5.69 Å². The van der Waals surface area contributed by atoms with E-state index >= 15 is 0 Å². The van der Waals surface area contributed by atoms with Gasteiger partial charge in [0.15, 0.2) is 5.69 Å². The Morgan fingerprint density at radius 2 is 1.83 bits per heavy atom. The molecule has 1 aromatic carbocycles. The number of aromatic nitrogens is 2. The van der Waals surface area contributed by atoms with Gasteiger partial charge in [-0.1, -0.05) is 0 Å². The fourth-order valence-corrected chi connectivity index (χ4v) is 3.49. The maximum Gasteiger partial charge on any atom is 0.274 e. The average molecular weight is 327 g/mol. The number of amides is 1. The van der Waals surface area contributed by atoms with Crippen molar-refractivity contribution < 1.29 is 9.72 Å². The summed E-state index contributed by atoms with van der Waals surface area (Å²) >= 11 is 0. The molecule has 1 aromatic heterocycles. The molecule has 2 saturated heterocycles. The molecule has 2 atom stereocenters. The molecule has 8 heteroatoms. The molecular weight excluding hydrogens is 310 g/mol. The van der Waals surface area contributed by atoms with Crippen LogP contribution in [0.2, 0.25) is 0 Å². The van der Waals surface area contributed by atoms with E-state index in [0.29, 0.717) is 23.2 Å². The molecule has 4 rings (SSSR count). The summed E-state index contributed by atoms with van der Waals surface area (Å²) in [7, 11) is 0. The van der Waals surface area contributed by atoms with Crippen LogP contribution >= 0.6 is 0 Å². The number of benzene rings is 1. The molecule has 1 amide bonds. The van der Waals surface area contributed by atoms with Gasteiger partial charge in [0, 0.05) is 44.5 Å². The summed E-state index contributed by atoms with van der Waals surface area (Å²) in [5.74, 6) is 1.04. The Labute approximate surface area is 138 Å². The zero-order chi connectivity index (χ0) is 16.7. The van der Waals surface area contributed by atoms with Gasteiger partial charge in [-0.2, -0.15) is 5.10 Å². The number of hydrogen-bond donors (Lipinski definition) is 1. The van der Waals surface area contributed by atoms with Crippen molar-refractivity contribution in [3.05, 3.63) is 52.3 Å². The number of likely N-dealkylation sites (tertiary alicyclic amines) is 1. The van der Waals surface area contributed by atoms with Crippen molar-refractivity contribution in [1.82, 2.24) is 20.0 Å². The van der Waals surface area contributed by atoms with Crippen molar-refractivity contribution in [2.24, 2.45) is 11.8 Å². The van der Waals surface area contributed by atoms with Crippen LogP contribution in [0, 0.1) is 22.0 Å². The molecule has 8 nitrogen and oxygen atoms in total. The number of non-ortho nitro benzene ring substituents is 1. The highest BCUT2D eigenvalue weighted by atomic mass is 16.6. The lowest BCUT2D eigenvalue weighted by Gasteiger charge is -2.15. The van der Waals surface area contributed by atoms with Gasteiger partial charge in [0.05, 0.1) is 10.6 Å². The maximum atomic E-state index is 12.6. The number of rotatable bonds is 3. The van der Waals surface area contributed by atoms with Gasteiger partial charge in [-0.05, 0) is 30.0 Å². The molecule has 2 fully saturated rings. The zero-order valence-corrected chi connectivity index (χ0v) is 13.0. The first-order valence-corrected chi connectivity index (χ1v) is 7.92. The predicted octanol–water partition coefficient (Wildman–Crippen LogP) is 1.07. The van der Waals surface area contributed by atoms with Crippen LogP contribution in [-0.2, 0) is 0 Å². The number of nitrogens with zero attached hydrogens (tertiary/aromatic N) is 4. The molecule has 24 heavy (non-hydrogen) atoms. The normalized spacial score (nSPS) is 22.6. The van der Waals surface area contributed by atoms with Gasteiger partial charge in [-0.25, -0.2) is 4.68 Å². The minimum atomic E-state index is -0.444. The summed E-state index contributed by atoms with van der Waals surface area (Å²) in [6.07, 6.45) is 1.70. The minimum Gasteiger partial charge on any atom is -0.337 e. The van der Waals surface area contributed by atoms with E-state index in [1.54, 1.807) is 29.1 Å². The Kier molecular flexibility index (Phi) is 3.53. The molecule has 2 aliphatic heterocycles. The van der Waals surface area contributed by atoms with Crippen LogP contribution in [-0.4, -0.2) is 51.7 Å². The Balaban J connectivity index is 1.50. The van der Waals surface area contributed by atoms with Gasteiger partial charge >= 0.3 is 0 Å². The number of fused-ring (bicyclic) bond motifs is 1. The van der Waals surface area contributed by atoms with E-state index in [1.165, 1.54) is 12.1 Å². The molecular formula is C16H17N5O3. The first kappa shape index (κ1) is 14.8. The van der Waals surface area contributed by atoms with Crippen molar-refractivity contribution in [2.45, 2.75) is 0 Å². The first-order valence-electron chi connectivity index (χ1n) is 7.92. The van der Waals surface area contributed by atoms with E-state index in [2.05, 4.69) is 10.4 Å². The van der Waals surface area contributed by atoms with E-state index in [-0.39, 0.29) is 11.6 Å². The highest BCUT2D eigenvalue weighted by Crippen LogP contribution is 2.27. The summed E-state index contributed by atoms with van der Waals surface area (Å²) in [5.41, 5.74) is 1.11. The Morgan fingerprint density at radius 3 is 2.46 bits per heavy atom. The van der Waals surface area contributed by atoms with Crippen molar-refractivity contribution in [3.63, 3.8) is 0 Å². The standard InChI is InChI=1S/C16H17N5O3/c22-16(19-9-11-7-17-8-12(11)10-19)15-5-6-20(18-15)13-1-3-14(4-2-13)21(23)24/h1-6,11-12,17H,7-10H2/t11-,12+. The predicted molar refractivity (Wildman–Crippen MR) is 86.0 cm³/mol. The molecule has 2 aromatic rings. The number of nitrogens with one attached hydrogen (secondary N) is 1. The topological polar surface area (TPSA) is 93.3 Å². The lowest BCUT2D eigenvalue weighted by atomic mass is 10.0. The molecule has 0 saturated carbocycles. The van der Waals surface area contributed by atoms with Crippen LogP contribution in [0.15, 0.2) is 36.5 Å². The third-order valence-corrected chi connectivity index (χ3v) is 4.81. The van der Waals surface area contributed by atoms with Crippen LogP contribution in [0.3, 0.4) is 0 Å². The van der Waals surface area contributed by atoms with E-state index in [0.717, 1.165) is 26.2 Å². The number of hydrogen-bond acceptors (Lipinski definition) is 5. The maximum absolute atomic E-state index is 12.6. The van der Waals surface area contributed by atoms with Gasteiger partial charge in [-0.3, -0.25) is 14.9 Å². The molecule has 0 radical (unpaired) electrons. The fourth-order valence-electron chi connectivity index (χ4n) is 3.49. The SMILES string of the molecule is O=C(c1ccn(-c2ccc([N+](=O)[O-])cc2)n1)N1C[C@H]2CNC[C@H]2C1. The van der Waals surface area contributed by atoms with Gasteiger partial charge < -0.3 is 10.2 Å². The summed E-state index contributed by atoms with van der Waals surface area (Å²) in [6.45, 7) is 3.51. The Morgan fingerprint density at radius 1 is 1.17 bits per heavy atom. The van der Waals surface area contributed by atoms with E-state index < -0.39 is 4.92 Å². The summed E-state index contributed by atoms with van der Waals surface area (Å²) < 4.78 is 1.56. The molecule has 2 aliphatic rings. The van der Waals surface area contributed by atoms with Crippen molar-refractivity contribution in [1.29, 1.82) is 0 Å². The second kappa shape index (κ2) is 5.72. The smallest absolute Gasteiger partial charge is 0.274 e. The quantitative estimate of drug-likeness (QED) is 0.672. The lowest BCUT2D eigenvalue weighted by molar-refractivity contribution is -0.384. The van der Waals surface area contributed by atoms with E-state index in [9.17, 15) is 14.9 Å². The number of nitro benzene ring substituents is 1. The molecule has 1 N–H and O–H groups in total.